The predicted octanol–water partition coefficient (Wildman–Crippen LogP) is 2.15. The van der Waals surface area contributed by atoms with Gasteiger partial charge in [0.25, 0.3) is 5.91 Å². The van der Waals surface area contributed by atoms with Gasteiger partial charge >= 0.3 is 0 Å². The van der Waals surface area contributed by atoms with Gasteiger partial charge in [-0.2, -0.15) is 5.10 Å². The SMILES string of the molecule is CCc1[nH]ncc1C(=O)NC(c1ccc2c(c1)CCO2)C1CC(O)C1. The maximum absolute atomic E-state index is 12.8. The lowest BCUT2D eigenvalue weighted by Gasteiger charge is -2.38. The van der Waals surface area contributed by atoms with Gasteiger partial charge in [0.2, 0.25) is 0 Å². The number of nitrogens with zero attached hydrogens (tertiary/aromatic N) is 1. The molecule has 25 heavy (non-hydrogen) atoms. The number of ether oxygens (including phenoxy) is 1. The minimum atomic E-state index is -0.262. The average molecular weight is 341 g/mol. The van der Waals surface area contributed by atoms with Crippen LogP contribution in [-0.4, -0.2) is 33.9 Å². The van der Waals surface area contributed by atoms with Crippen molar-refractivity contribution in [3.05, 3.63) is 46.8 Å². The smallest absolute Gasteiger partial charge is 0.255 e. The number of hydrogen-bond acceptors (Lipinski definition) is 4. The number of amides is 1. The van der Waals surface area contributed by atoms with E-state index in [9.17, 15) is 9.90 Å². The van der Waals surface area contributed by atoms with Crippen molar-refractivity contribution in [2.45, 2.75) is 44.8 Å². The summed E-state index contributed by atoms with van der Waals surface area (Å²) in [5.41, 5.74) is 3.70. The van der Waals surface area contributed by atoms with Crippen LogP contribution in [0, 0.1) is 5.92 Å². The maximum atomic E-state index is 12.8. The van der Waals surface area contributed by atoms with E-state index in [1.165, 1.54) is 5.56 Å². The third-order valence-electron chi connectivity index (χ3n) is 5.30. The Bertz CT molecular complexity index is 780. The molecular weight excluding hydrogens is 318 g/mol. The minimum Gasteiger partial charge on any atom is -0.493 e. The molecule has 6 nitrogen and oxygen atoms in total. The molecule has 1 aromatic carbocycles. The molecule has 1 atom stereocenters. The average Bonchev–Trinajstić information content (AvgIpc) is 3.24. The zero-order chi connectivity index (χ0) is 17.4. The van der Waals surface area contributed by atoms with E-state index in [-0.39, 0.29) is 24.0 Å². The standard InChI is InChI=1S/C19H23N3O3/c1-2-16-15(10-20-22-16)19(24)21-18(13-8-14(23)9-13)12-3-4-17-11(7-12)5-6-25-17/h3-4,7,10,13-14,18,23H,2,5-6,8-9H2,1H3,(H,20,22)(H,21,24). The van der Waals surface area contributed by atoms with Gasteiger partial charge in [-0.15, -0.1) is 0 Å². The molecule has 1 saturated carbocycles. The molecule has 6 heteroatoms. The first-order chi connectivity index (χ1) is 12.2. The second-order valence-corrected chi connectivity index (χ2v) is 6.92. The first kappa shape index (κ1) is 16.1. The molecule has 1 fully saturated rings. The summed E-state index contributed by atoms with van der Waals surface area (Å²) in [6.45, 7) is 2.71. The van der Waals surface area contributed by atoms with Crippen molar-refractivity contribution in [2.75, 3.05) is 6.61 Å². The fourth-order valence-electron chi connectivity index (χ4n) is 3.77. The number of rotatable bonds is 5. The Morgan fingerprint density at radius 1 is 1.48 bits per heavy atom. The number of aryl methyl sites for hydroxylation is 1. The van der Waals surface area contributed by atoms with Crippen LogP contribution < -0.4 is 10.1 Å². The van der Waals surface area contributed by atoms with Gasteiger partial charge in [-0.1, -0.05) is 13.0 Å². The molecule has 0 radical (unpaired) electrons. The lowest BCUT2D eigenvalue weighted by molar-refractivity contribution is 0.0235. The van der Waals surface area contributed by atoms with Crippen LogP contribution in [0.15, 0.2) is 24.4 Å². The Kier molecular flexibility index (Phi) is 4.21. The molecule has 1 aromatic heterocycles. The van der Waals surface area contributed by atoms with Crippen molar-refractivity contribution in [3.8, 4) is 5.75 Å². The number of aliphatic hydroxyl groups is 1. The molecule has 2 aliphatic rings. The normalized spacial score (nSPS) is 22.6. The van der Waals surface area contributed by atoms with Gasteiger partial charge in [0.05, 0.1) is 30.5 Å². The Morgan fingerprint density at radius 2 is 2.32 bits per heavy atom. The Balaban J connectivity index is 1.59. The fraction of sp³-hybridized carbons (Fsp3) is 0.474. The molecule has 0 bridgehead atoms. The summed E-state index contributed by atoms with van der Waals surface area (Å²) in [6.07, 6.45) is 4.37. The van der Waals surface area contributed by atoms with Gasteiger partial charge in [0.1, 0.15) is 5.75 Å². The third kappa shape index (κ3) is 3.02. The van der Waals surface area contributed by atoms with Gasteiger partial charge in [0.15, 0.2) is 0 Å². The number of benzene rings is 1. The molecule has 132 valence electrons. The highest BCUT2D eigenvalue weighted by Crippen LogP contribution is 2.40. The molecule has 4 rings (SSSR count). The fourth-order valence-corrected chi connectivity index (χ4v) is 3.77. The van der Waals surface area contributed by atoms with E-state index in [1.54, 1.807) is 6.20 Å². The molecule has 1 amide bonds. The maximum Gasteiger partial charge on any atom is 0.255 e. The van der Waals surface area contributed by atoms with Crippen LogP contribution in [0.3, 0.4) is 0 Å². The quantitative estimate of drug-likeness (QED) is 0.778. The molecule has 1 unspecified atom stereocenters. The van der Waals surface area contributed by atoms with Crippen molar-refractivity contribution >= 4 is 5.91 Å². The summed E-state index contributed by atoms with van der Waals surface area (Å²) >= 11 is 0. The Labute approximate surface area is 146 Å². The van der Waals surface area contributed by atoms with Gasteiger partial charge in [-0.25, -0.2) is 0 Å². The van der Waals surface area contributed by atoms with Crippen LogP contribution in [0.25, 0.3) is 0 Å². The van der Waals surface area contributed by atoms with Crippen LogP contribution in [0.1, 0.15) is 53.0 Å². The molecule has 2 heterocycles. The lowest BCUT2D eigenvalue weighted by atomic mass is 9.74. The number of carbonyl (C=O) groups excluding carboxylic acids is 1. The highest BCUT2D eigenvalue weighted by molar-refractivity contribution is 5.95. The van der Waals surface area contributed by atoms with Crippen molar-refractivity contribution in [2.24, 2.45) is 5.92 Å². The van der Waals surface area contributed by atoms with Crippen molar-refractivity contribution < 1.29 is 14.6 Å². The molecular formula is C19H23N3O3. The molecule has 0 spiro atoms. The highest BCUT2D eigenvalue weighted by Gasteiger charge is 2.36. The van der Waals surface area contributed by atoms with Crippen LogP contribution >= 0.6 is 0 Å². The van der Waals surface area contributed by atoms with E-state index in [4.69, 9.17) is 4.74 Å². The highest BCUT2D eigenvalue weighted by atomic mass is 16.5. The number of aromatic amines is 1. The van der Waals surface area contributed by atoms with Crippen LogP contribution in [-0.2, 0) is 12.8 Å². The number of nitrogens with one attached hydrogen (secondary N) is 2. The number of fused-ring (bicyclic) bond motifs is 1. The number of aliphatic hydroxyl groups excluding tert-OH is 1. The minimum absolute atomic E-state index is 0.110. The van der Waals surface area contributed by atoms with Gasteiger partial charge in [-0.05, 0) is 48.4 Å². The van der Waals surface area contributed by atoms with Crippen molar-refractivity contribution in [1.29, 1.82) is 0 Å². The summed E-state index contributed by atoms with van der Waals surface area (Å²) < 4.78 is 5.58. The molecule has 0 saturated heterocycles. The largest absolute Gasteiger partial charge is 0.493 e. The van der Waals surface area contributed by atoms with E-state index in [2.05, 4.69) is 21.6 Å². The molecule has 3 N–H and O–H groups in total. The van der Waals surface area contributed by atoms with E-state index in [0.717, 1.165) is 29.8 Å². The topological polar surface area (TPSA) is 87.2 Å². The first-order valence-electron chi connectivity index (χ1n) is 8.92. The van der Waals surface area contributed by atoms with E-state index < -0.39 is 0 Å². The summed E-state index contributed by atoms with van der Waals surface area (Å²) in [5, 5.41) is 19.8. The monoisotopic (exact) mass is 341 g/mol. The Morgan fingerprint density at radius 3 is 3.08 bits per heavy atom. The predicted molar refractivity (Wildman–Crippen MR) is 92.5 cm³/mol. The first-order valence-corrected chi connectivity index (χ1v) is 8.92. The summed E-state index contributed by atoms with van der Waals surface area (Å²) in [5.74, 6) is 1.07. The summed E-state index contributed by atoms with van der Waals surface area (Å²) in [6, 6.07) is 6.03. The van der Waals surface area contributed by atoms with Gasteiger partial charge in [-0.3, -0.25) is 9.89 Å². The van der Waals surface area contributed by atoms with Crippen LogP contribution in [0.4, 0.5) is 0 Å². The zero-order valence-corrected chi connectivity index (χ0v) is 14.3. The van der Waals surface area contributed by atoms with Gasteiger partial charge in [0, 0.05) is 12.1 Å². The summed E-state index contributed by atoms with van der Waals surface area (Å²) in [4.78, 5) is 12.8. The number of hydrogen-bond donors (Lipinski definition) is 3. The van der Waals surface area contributed by atoms with Gasteiger partial charge < -0.3 is 15.2 Å². The second-order valence-electron chi connectivity index (χ2n) is 6.92. The number of aromatic nitrogens is 2. The molecule has 1 aliphatic carbocycles. The Hall–Kier alpha value is -2.34. The molecule has 1 aliphatic heterocycles. The summed E-state index contributed by atoms with van der Waals surface area (Å²) in [7, 11) is 0. The van der Waals surface area contributed by atoms with Crippen molar-refractivity contribution in [1.82, 2.24) is 15.5 Å². The molecule has 2 aromatic rings. The van der Waals surface area contributed by atoms with E-state index in [1.807, 2.05) is 19.1 Å². The zero-order valence-electron chi connectivity index (χ0n) is 14.3. The second kappa shape index (κ2) is 6.52. The van der Waals surface area contributed by atoms with Crippen LogP contribution in [0.5, 0.6) is 5.75 Å². The van der Waals surface area contributed by atoms with E-state index in [0.29, 0.717) is 25.0 Å². The van der Waals surface area contributed by atoms with Crippen LogP contribution in [0.2, 0.25) is 0 Å². The number of H-pyrrole nitrogens is 1. The third-order valence-corrected chi connectivity index (χ3v) is 5.30. The van der Waals surface area contributed by atoms with E-state index >= 15 is 0 Å². The number of carbonyl (C=O) groups is 1. The lowest BCUT2D eigenvalue weighted by Crippen LogP contribution is -2.41. The van der Waals surface area contributed by atoms with Crippen molar-refractivity contribution in [3.63, 3.8) is 0 Å².